The normalized spacial score (nSPS) is 14.7. The van der Waals surface area contributed by atoms with Gasteiger partial charge in [-0.1, -0.05) is 0 Å². The summed E-state index contributed by atoms with van der Waals surface area (Å²) in [7, 11) is -2.94. The molecule has 0 aromatic carbocycles. The van der Waals surface area contributed by atoms with Gasteiger partial charge in [0, 0.05) is 6.54 Å². The van der Waals surface area contributed by atoms with E-state index in [0.717, 1.165) is 0 Å². The predicted molar refractivity (Wildman–Crippen MR) is 49.4 cm³/mol. The largest absolute Gasteiger partial charge is 0.334 e. The Morgan fingerprint density at radius 3 is 2.00 bits per heavy atom. The molecule has 0 aliphatic rings. The van der Waals surface area contributed by atoms with Crippen molar-refractivity contribution in [2.75, 3.05) is 19.8 Å². The van der Waals surface area contributed by atoms with Crippen LogP contribution in [0.25, 0.3) is 0 Å². The van der Waals surface area contributed by atoms with E-state index in [4.69, 9.17) is 14.8 Å². The molecule has 0 fully saturated rings. The van der Waals surface area contributed by atoms with Crippen LogP contribution in [-0.2, 0) is 13.6 Å². The highest BCUT2D eigenvalue weighted by Crippen LogP contribution is 2.52. The Balaban J connectivity index is 4.27. The molecule has 74 valence electrons. The molecule has 0 saturated heterocycles. The Morgan fingerprint density at radius 2 is 1.75 bits per heavy atom. The molecule has 4 nitrogen and oxygen atoms in total. The molecule has 0 aromatic heterocycles. The summed E-state index contributed by atoms with van der Waals surface area (Å²) in [6.07, 6.45) is 0. The van der Waals surface area contributed by atoms with Crippen molar-refractivity contribution in [3.8, 4) is 0 Å². The summed E-state index contributed by atoms with van der Waals surface area (Å²) in [5, 5.41) is 0. The van der Waals surface area contributed by atoms with Crippen molar-refractivity contribution < 1.29 is 13.6 Å². The predicted octanol–water partition coefficient (Wildman–Crippen LogP) is 1.60. The highest BCUT2D eigenvalue weighted by atomic mass is 31.2. The van der Waals surface area contributed by atoms with Gasteiger partial charge in [-0.2, -0.15) is 0 Å². The van der Waals surface area contributed by atoms with Gasteiger partial charge >= 0.3 is 7.60 Å². The van der Waals surface area contributed by atoms with Crippen LogP contribution in [0.2, 0.25) is 0 Å². The van der Waals surface area contributed by atoms with Gasteiger partial charge in [-0.15, -0.1) is 0 Å². The second kappa shape index (κ2) is 5.70. The standard InChI is InChI=1S/C7H18NO3P/c1-4-10-12(9,11-5-2)7(3)6-8/h7H,4-6,8H2,1-3H3. The van der Waals surface area contributed by atoms with E-state index < -0.39 is 7.60 Å². The molecule has 1 unspecified atom stereocenters. The van der Waals surface area contributed by atoms with E-state index in [1.54, 1.807) is 20.8 Å². The molecule has 0 saturated carbocycles. The van der Waals surface area contributed by atoms with Crippen LogP contribution in [0.1, 0.15) is 20.8 Å². The van der Waals surface area contributed by atoms with E-state index in [9.17, 15) is 4.57 Å². The smallest absolute Gasteiger partial charge is 0.330 e. The maximum Gasteiger partial charge on any atom is 0.334 e. The quantitative estimate of drug-likeness (QED) is 0.654. The van der Waals surface area contributed by atoms with Gasteiger partial charge in [0.05, 0.1) is 18.9 Å². The number of nitrogens with two attached hydrogens (primary N) is 1. The maximum absolute atomic E-state index is 11.8. The molecule has 0 rings (SSSR count). The number of hydrogen-bond acceptors (Lipinski definition) is 4. The van der Waals surface area contributed by atoms with Gasteiger partial charge in [-0.3, -0.25) is 4.57 Å². The minimum absolute atomic E-state index is 0.225. The van der Waals surface area contributed by atoms with E-state index >= 15 is 0 Å². The van der Waals surface area contributed by atoms with Crippen LogP contribution in [0.3, 0.4) is 0 Å². The van der Waals surface area contributed by atoms with Crippen LogP contribution in [0.5, 0.6) is 0 Å². The van der Waals surface area contributed by atoms with Crippen molar-refractivity contribution in [2.45, 2.75) is 26.4 Å². The monoisotopic (exact) mass is 195 g/mol. The Morgan fingerprint density at radius 1 is 1.33 bits per heavy atom. The van der Waals surface area contributed by atoms with E-state index in [1.165, 1.54) is 0 Å². The third kappa shape index (κ3) is 3.23. The zero-order valence-electron chi connectivity index (χ0n) is 7.95. The molecule has 0 bridgehead atoms. The first-order chi connectivity index (χ1) is 5.60. The van der Waals surface area contributed by atoms with Crippen LogP contribution in [0.15, 0.2) is 0 Å². The average molecular weight is 195 g/mol. The van der Waals surface area contributed by atoms with E-state index in [0.29, 0.717) is 19.8 Å². The molecule has 2 N–H and O–H groups in total. The topological polar surface area (TPSA) is 61.5 Å². The maximum atomic E-state index is 11.8. The van der Waals surface area contributed by atoms with E-state index in [-0.39, 0.29) is 5.66 Å². The molecule has 0 aromatic rings. The summed E-state index contributed by atoms with van der Waals surface area (Å²) in [6.45, 7) is 6.44. The lowest BCUT2D eigenvalue weighted by atomic mass is 10.5. The summed E-state index contributed by atoms with van der Waals surface area (Å²) in [6, 6.07) is 0. The molecule has 0 radical (unpaired) electrons. The molecule has 5 heteroatoms. The second-order valence-electron chi connectivity index (χ2n) is 2.46. The van der Waals surface area contributed by atoms with Crippen molar-refractivity contribution in [1.29, 1.82) is 0 Å². The third-order valence-electron chi connectivity index (χ3n) is 1.50. The minimum Gasteiger partial charge on any atom is -0.330 e. The van der Waals surface area contributed by atoms with Crippen LogP contribution < -0.4 is 5.73 Å². The fourth-order valence-corrected chi connectivity index (χ4v) is 2.34. The first-order valence-corrected chi connectivity index (χ1v) is 5.80. The van der Waals surface area contributed by atoms with Crippen LogP contribution >= 0.6 is 7.60 Å². The van der Waals surface area contributed by atoms with E-state index in [1.807, 2.05) is 0 Å². The summed E-state index contributed by atoms with van der Waals surface area (Å²) < 4.78 is 22.0. The van der Waals surface area contributed by atoms with Crippen LogP contribution in [-0.4, -0.2) is 25.4 Å². The summed E-state index contributed by atoms with van der Waals surface area (Å²) >= 11 is 0. The molecular formula is C7H18NO3P. The van der Waals surface area contributed by atoms with Crippen LogP contribution in [0, 0.1) is 0 Å². The fourth-order valence-electron chi connectivity index (χ4n) is 0.781. The molecule has 0 aliphatic heterocycles. The number of rotatable bonds is 6. The van der Waals surface area contributed by atoms with Gasteiger partial charge in [0.1, 0.15) is 0 Å². The zero-order chi connectivity index (χ0) is 9.61. The van der Waals surface area contributed by atoms with Crippen molar-refractivity contribution in [3.05, 3.63) is 0 Å². The molecule has 12 heavy (non-hydrogen) atoms. The third-order valence-corrected chi connectivity index (χ3v) is 4.03. The lowest BCUT2D eigenvalue weighted by molar-refractivity contribution is 0.213. The zero-order valence-corrected chi connectivity index (χ0v) is 8.84. The molecule has 0 aliphatic carbocycles. The Bertz CT molecular complexity index is 153. The van der Waals surface area contributed by atoms with Crippen molar-refractivity contribution in [2.24, 2.45) is 5.73 Å². The first-order valence-electron chi connectivity index (χ1n) is 4.19. The Kier molecular flexibility index (Phi) is 5.76. The van der Waals surface area contributed by atoms with Crippen molar-refractivity contribution in [3.63, 3.8) is 0 Å². The van der Waals surface area contributed by atoms with Gasteiger partial charge in [0.25, 0.3) is 0 Å². The highest BCUT2D eigenvalue weighted by molar-refractivity contribution is 7.54. The molecular weight excluding hydrogens is 177 g/mol. The SMILES string of the molecule is CCOP(=O)(OCC)C(C)CN. The molecule has 0 amide bonds. The summed E-state index contributed by atoms with van der Waals surface area (Å²) in [5.74, 6) is 0. The Labute approximate surface area is 74.0 Å². The van der Waals surface area contributed by atoms with Gasteiger partial charge in [0.2, 0.25) is 0 Å². The number of hydrogen-bond donors (Lipinski definition) is 1. The lowest BCUT2D eigenvalue weighted by Crippen LogP contribution is -2.19. The molecule has 0 spiro atoms. The first kappa shape index (κ1) is 12.1. The van der Waals surface area contributed by atoms with Gasteiger partial charge < -0.3 is 14.8 Å². The molecule has 0 heterocycles. The van der Waals surface area contributed by atoms with Crippen LogP contribution in [0.4, 0.5) is 0 Å². The molecule has 1 atom stereocenters. The fraction of sp³-hybridized carbons (Fsp3) is 1.00. The van der Waals surface area contributed by atoms with Crippen molar-refractivity contribution >= 4 is 7.60 Å². The summed E-state index contributed by atoms with van der Waals surface area (Å²) in [5.41, 5.74) is 5.16. The van der Waals surface area contributed by atoms with Gasteiger partial charge in [0.15, 0.2) is 0 Å². The minimum atomic E-state index is -2.94. The van der Waals surface area contributed by atoms with E-state index in [2.05, 4.69) is 0 Å². The summed E-state index contributed by atoms with van der Waals surface area (Å²) in [4.78, 5) is 0. The highest BCUT2D eigenvalue weighted by Gasteiger charge is 2.30. The second-order valence-corrected chi connectivity index (χ2v) is 4.94. The average Bonchev–Trinajstić information content (AvgIpc) is 2.04. The van der Waals surface area contributed by atoms with Gasteiger partial charge in [-0.05, 0) is 20.8 Å². The lowest BCUT2D eigenvalue weighted by Gasteiger charge is -2.21. The van der Waals surface area contributed by atoms with Gasteiger partial charge in [-0.25, -0.2) is 0 Å². The Hall–Kier alpha value is 0.110. The van der Waals surface area contributed by atoms with Crippen molar-refractivity contribution in [1.82, 2.24) is 0 Å².